The first-order valence-electron chi connectivity index (χ1n) is 18.1. The summed E-state index contributed by atoms with van der Waals surface area (Å²) in [5, 5.41) is 4.72. The molecular formula is C49H30N4O. The number of rotatable bonds is 4. The van der Waals surface area contributed by atoms with Crippen LogP contribution in [0.2, 0.25) is 0 Å². The summed E-state index contributed by atoms with van der Waals surface area (Å²) in [6.45, 7) is 0. The predicted molar refractivity (Wildman–Crippen MR) is 219 cm³/mol. The van der Waals surface area contributed by atoms with E-state index >= 15 is 0 Å². The second kappa shape index (κ2) is 12.1. The predicted octanol–water partition coefficient (Wildman–Crippen LogP) is 12.6. The summed E-state index contributed by atoms with van der Waals surface area (Å²) in [6, 6.07) is 63.2. The smallest absolute Gasteiger partial charge is 0.164 e. The average Bonchev–Trinajstić information content (AvgIpc) is 3.49. The lowest BCUT2D eigenvalue weighted by Gasteiger charge is -2.13. The van der Waals surface area contributed by atoms with Crippen LogP contribution in [0.15, 0.2) is 182 Å². The number of nitrogens with zero attached hydrogens (tertiary/aromatic N) is 4. The third-order valence-corrected chi connectivity index (χ3v) is 10.5. The minimum Gasteiger partial charge on any atom is -0.456 e. The molecule has 0 atom stereocenters. The number of fused-ring (bicyclic) bond motifs is 10. The van der Waals surface area contributed by atoms with Gasteiger partial charge in [0.1, 0.15) is 11.5 Å². The monoisotopic (exact) mass is 690 g/mol. The Hall–Kier alpha value is -7.37. The normalized spacial score (nSPS) is 11.9. The molecule has 252 valence electrons. The molecule has 2 aromatic heterocycles. The summed E-state index contributed by atoms with van der Waals surface area (Å²) in [5.41, 5.74) is 10.6. The zero-order chi connectivity index (χ0) is 35.6. The highest BCUT2D eigenvalue weighted by Crippen LogP contribution is 2.51. The van der Waals surface area contributed by atoms with Gasteiger partial charge in [0, 0.05) is 50.3 Å². The number of hydrogen-bond acceptors (Lipinski definition) is 4. The zero-order valence-corrected chi connectivity index (χ0v) is 29.0. The molecule has 0 aliphatic carbocycles. The van der Waals surface area contributed by atoms with Gasteiger partial charge in [-0.2, -0.15) is 0 Å². The van der Waals surface area contributed by atoms with Gasteiger partial charge >= 0.3 is 0 Å². The van der Waals surface area contributed by atoms with Crippen molar-refractivity contribution >= 4 is 32.6 Å². The Morgan fingerprint density at radius 2 is 0.944 bits per heavy atom. The van der Waals surface area contributed by atoms with E-state index in [1.54, 1.807) is 0 Å². The highest BCUT2D eigenvalue weighted by molar-refractivity contribution is 6.13. The van der Waals surface area contributed by atoms with Gasteiger partial charge in [-0.3, -0.25) is 0 Å². The van der Waals surface area contributed by atoms with Gasteiger partial charge in [-0.15, -0.1) is 0 Å². The number of benzene rings is 8. The van der Waals surface area contributed by atoms with E-state index in [-0.39, 0.29) is 0 Å². The van der Waals surface area contributed by atoms with Crippen LogP contribution in [0.1, 0.15) is 0 Å². The third kappa shape index (κ3) is 4.83. The molecule has 0 fully saturated rings. The Balaban J connectivity index is 1.08. The molecule has 0 radical (unpaired) electrons. The maximum absolute atomic E-state index is 6.92. The highest BCUT2D eigenvalue weighted by Gasteiger charge is 2.25. The lowest BCUT2D eigenvalue weighted by atomic mass is 9.91. The quantitative estimate of drug-likeness (QED) is 0.184. The molecule has 1 aliphatic rings. The van der Waals surface area contributed by atoms with E-state index in [0.29, 0.717) is 17.5 Å². The maximum Gasteiger partial charge on any atom is 0.164 e. The van der Waals surface area contributed by atoms with Crippen molar-refractivity contribution in [2.75, 3.05) is 0 Å². The van der Waals surface area contributed by atoms with Crippen molar-refractivity contribution in [2.24, 2.45) is 0 Å². The summed E-state index contributed by atoms with van der Waals surface area (Å²) < 4.78 is 9.25. The largest absolute Gasteiger partial charge is 0.456 e. The summed E-state index contributed by atoms with van der Waals surface area (Å²) in [7, 11) is 0. The van der Waals surface area contributed by atoms with Gasteiger partial charge < -0.3 is 9.30 Å². The molecule has 5 heteroatoms. The van der Waals surface area contributed by atoms with Crippen molar-refractivity contribution in [3.63, 3.8) is 0 Å². The Kier molecular flexibility index (Phi) is 6.79. The van der Waals surface area contributed by atoms with Gasteiger partial charge in [0.05, 0.1) is 11.0 Å². The van der Waals surface area contributed by atoms with Gasteiger partial charge in [-0.05, 0) is 64.4 Å². The molecule has 1 aliphatic heterocycles. The summed E-state index contributed by atoms with van der Waals surface area (Å²) >= 11 is 0. The fourth-order valence-corrected chi connectivity index (χ4v) is 7.94. The van der Waals surface area contributed by atoms with E-state index in [4.69, 9.17) is 19.7 Å². The van der Waals surface area contributed by atoms with Crippen LogP contribution < -0.4 is 4.74 Å². The molecule has 0 bridgehead atoms. The van der Waals surface area contributed by atoms with Crippen LogP contribution in [-0.2, 0) is 0 Å². The first-order valence-corrected chi connectivity index (χ1v) is 18.1. The molecule has 0 spiro atoms. The lowest BCUT2D eigenvalue weighted by Crippen LogP contribution is -2.00. The zero-order valence-electron chi connectivity index (χ0n) is 29.0. The summed E-state index contributed by atoms with van der Waals surface area (Å²) in [5.74, 6) is 3.59. The molecule has 5 nitrogen and oxygen atoms in total. The van der Waals surface area contributed by atoms with Crippen molar-refractivity contribution in [1.29, 1.82) is 0 Å². The van der Waals surface area contributed by atoms with E-state index in [9.17, 15) is 0 Å². The molecule has 54 heavy (non-hydrogen) atoms. The van der Waals surface area contributed by atoms with Gasteiger partial charge in [0.15, 0.2) is 17.5 Å². The molecular weight excluding hydrogens is 661 g/mol. The molecule has 0 unspecified atom stereocenters. The Labute approximate surface area is 311 Å². The molecule has 8 aromatic carbocycles. The summed E-state index contributed by atoms with van der Waals surface area (Å²) in [6.07, 6.45) is 0. The maximum atomic E-state index is 6.92. The molecule has 0 amide bonds. The number of hydrogen-bond donors (Lipinski definition) is 0. The second-order valence-electron chi connectivity index (χ2n) is 13.6. The van der Waals surface area contributed by atoms with E-state index in [2.05, 4.69) is 126 Å². The standard InChI is InChI=1S/C49H30N4O/c1-3-14-32(15-4-1)47-50-48(33-16-5-2-6-17-33)52-49(51-47)34-23-26-35(27-24-34)53-42-22-12-11-20-38(42)40-29-41-37-19-9-10-21-39(37)46-36-18-8-7-13-31(36)25-28-44(46)54-45(41)30-43(40)53/h1-30H. The molecule has 3 heterocycles. The van der Waals surface area contributed by atoms with Crippen LogP contribution in [0.5, 0.6) is 11.5 Å². The minimum absolute atomic E-state index is 0.625. The lowest BCUT2D eigenvalue weighted by molar-refractivity contribution is 0.489. The SMILES string of the molecule is c1ccc(-c2nc(-c3ccccc3)nc(-c3ccc(-n4c5ccccc5c5cc6c(cc54)Oc4ccc5ccccc5c4-c4ccccc4-6)cc3)n2)cc1. The van der Waals surface area contributed by atoms with Gasteiger partial charge in [0.2, 0.25) is 0 Å². The van der Waals surface area contributed by atoms with Crippen molar-refractivity contribution in [3.05, 3.63) is 182 Å². The molecule has 11 rings (SSSR count). The van der Waals surface area contributed by atoms with Gasteiger partial charge in [-0.25, -0.2) is 15.0 Å². The molecule has 0 saturated carbocycles. The van der Waals surface area contributed by atoms with Crippen LogP contribution in [0.3, 0.4) is 0 Å². The van der Waals surface area contributed by atoms with Crippen molar-refractivity contribution in [2.45, 2.75) is 0 Å². The van der Waals surface area contributed by atoms with E-state index in [1.807, 2.05) is 60.7 Å². The van der Waals surface area contributed by atoms with Crippen LogP contribution in [0, 0.1) is 0 Å². The van der Waals surface area contributed by atoms with E-state index in [1.165, 1.54) is 27.1 Å². The molecule has 10 aromatic rings. The van der Waals surface area contributed by atoms with E-state index in [0.717, 1.165) is 61.6 Å². The number of ether oxygens (including phenoxy) is 1. The van der Waals surface area contributed by atoms with Crippen LogP contribution in [0.4, 0.5) is 0 Å². The Morgan fingerprint density at radius 3 is 1.65 bits per heavy atom. The van der Waals surface area contributed by atoms with E-state index < -0.39 is 0 Å². The first kappa shape index (κ1) is 30.3. The Morgan fingerprint density at radius 1 is 0.370 bits per heavy atom. The highest BCUT2D eigenvalue weighted by atomic mass is 16.5. The minimum atomic E-state index is 0.625. The summed E-state index contributed by atoms with van der Waals surface area (Å²) in [4.78, 5) is 14.8. The second-order valence-corrected chi connectivity index (χ2v) is 13.6. The fraction of sp³-hybridized carbons (Fsp3) is 0. The fourth-order valence-electron chi connectivity index (χ4n) is 7.94. The number of para-hydroxylation sites is 1. The molecule has 0 N–H and O–H groups in total. The average molecular weight is 691 g/mol. The van der Waals surface area contributed by atoms with Gasteiger partial charge in [-0.1, -0.05) is 133 Å². The Bertz CT molecular complexity index is 3000. The molecule has 0 saturated heterocycles. The van der Waals surface area contributed by atoms with Gasteiger partial charge in [0.25, 0.3) is 0 Å². The third-order valence-electron chi connectivity index (χ3n) is 10.5. The van der Waals surface area contributed by atoms with Crippen molar-refractivity contribution < 1.29 is 4.74 Å². The topological polar surface area (TPSA) is 52.8 Å². The first-order chi connectivity index (χ1) is 26.8. The van der Waals surface area contributed by atoms with Crippen molar-refractivity contribution in [1.82, 2.24) is 19.5 Å². The van der Waals surface area contributed by atoms with Crippen LogP contribution >= 0.6 is 0 Å². The number of aromatic nitrogens is 4. The van der Waals surface area contributed by atoms with Crippen LogP contribution in [-0.4, -0.2) is 19.5 Å². The van der Waals surface area contributed by atoms with Crippen molar-refractivity contribution in [3.8, 4) is 73.6 Å². The van der Waals surface area contributed by atoms with Crippen LogP contribution in [0.25, 0.3) is 94.7 Å².